The van der Waals surface area contributed by atoms with E-state index in [2.05, 4.69) is 11.9 Å². The summed E-state index contributed by atoms with van der Waals surface area (Å²) in [6, 6.07) is 4.01. The van der Waals surface area contributed by atoms with E-state index in [1.54, 1.807) is 0 Å². The van der Waals surface area contributed by atoms with E-state index in [0.717, 1.165) is 31.4 Å². The topological polar surface area (TPSA) is 56.0 Å². The van der Waals surface area contributed by atoms with Gasteiger partial charge in [0, 0.05) is 30.3 Å². The van der Waals surface area contributed by atoms with Gasteiger partial charge >= 0.3 is 0 Å². The predicted octanol–water partition coefficient (Wildman–Crippen LogP) is 1.88. The molecule has 0 amide bonds. The molecule has 0 bridgehead atoms. The molecule has 0 atom stereocenters. The molecule has 0 spiro atoms. The fourth-order valence-electron chi connectivity index (χ4n) is 2.32. The van der Waals surface area contributed by atoms with Gasteiger partial charge in [-0.2, -0.15) is 0 Å². The lowest BCUT2D eigenvalue weighted by Crippen LogP contribution is -2.45. The lowest BCUT2D eigenvalue weighted by molar-refractivity contribution is -0.132. The molecule has 3 nitrogen and oxygen atoms in total. The summed E-state index contributed by atoms with van der Waals surface area (Å²) in [5.74, 6) is 0.267. The normalized spacial score (nSPS) is 17.5. The molecule has 0 radical (unpaired) electrons. The third-order valence-corrected chi connectivity index (χ3v) is 3.93. The molecule has 2 N–H and O–H groups in total. The van der Waals surface area contributed by atoms with Crippen molar-refractivity contribution in [3.63, 3.8) is 0 Å². The summed E-state index contributed by atoms with van der Waals surface area (Å²) in [5.41, 5.74) is 7.57. The van der Waals surface area contributed by atoms with E-state index in [0.29, 0.717) is 13.0 Å². The van der Waals surface area contributed by atoms with Gasteiger partial charge in [0.05, 0.1) is 0 Å². The van der Waals surface area contributed by atoms with Crippen LogP contribution in [0.15, 0.2) is 18.3 Å². The predicted molar refractivity (Wildman–Crippen MR) is 67.7 cm³/mol. The van der Waals surface area contributed by atoms with Crippen molar-refractivity contribution in [2.75, 3.05) is 6.54 Å². The van der Waals surface area contributed by atoms with Gasteiger partial charge in [0.25, 0.3) is 0 Å². The quantitative estimate of drug-likeness (QED) is 0.843. The van der Waals surface area contributed by atoms with Crippen LogP contribution < -0.4 is 5.73 Å². The van der Waals surface area contributed by atoms with Crippen LogP contribution in [-0.2, 0) is 17.6 Å². The third kappa shape index (κ3) is 2.39. The van der Waals surface area contributed by atoms with E-state index in [4.69, 9.17) is 5.73 Å². The first kappa shape index (κ1) is 12.2. The maximum Gasteiger partial charge on any atom is 0.146 e. The van der Waals surface area contributed by atoms with Gasteiger partial charge in [-0.25, -0.2) is 0 Å². The van der Waals surface area contributed by atoms with E-state index in [-0.39, 0.29) is 11.2 Å². The average Bonchev–Trinajstić information content (AvgIpc) is 2.29. The van der Waals surface area contributed by atoms with Gasteiger partial charge in [-0.15, -0.1) is 0 Å². The van der Waals surface area contributed by atoms with Gasteiger partial charge < -0.3 is 5.73 Å². The van der Waals surface area contributed by atoms with Crippen molar-refractivity contribution in [1.29, 1.82) is 0 Å². The number of aromatic nitrogens is 1. The highest BCUT2D eigenvalue weighted by atomic mass is 16.1. The van der Waals surface area contributed by atoms with Gasteiger partial charge in [-0.05, 0) is 30.9 Å². The molecule has 17 heavy (non-hydrogen) atoms. The number of nitrogens with zero attached hydrogens (tertiary/aromatic N) is 1. The number of carbonyl (C=O) groups is 1. The lowest BCUT2D eigenvalue weighted by Gasteiger charge is -2.39. The van der Waals surface area contributed by atoms with Crippen molar-refractivity contribution in [2.45, 2.75) is 39.0 Å². The Kier molecular flexibility index (Phi) is 3.57. The van der Waals surface area contributed by atoms with Crippen LogP contribution in [0, 0.1) is 5.41 Å². The second-order valence-electron chi connectivity index (χ2n) is 4.95. The molecule has 1 aromatic rings. The van der Waals surface area contributed by atoms with Crippen molar-refractivity contribution in [3.8, 4) is 0 Å². The highest BCUT2D eigenvalue weighted by molar-refractivity contribution is 5.87. The number of rotatable bonds is 5. The minimum atomic E-state index is -0.231. The van der Waals surface area contributed by atoms with E-state index in [1.807, 2.05) is 18.3 Å². The number of ketones is 1. The van der Waals surface area contributed by atoms with Crippen LogP contribution in [0.3, 0.4) is 0 Å². The maximum atomic E-state index is 12.2. The number of hydrogen-bond acceptors (Lipinski definition) is 3. The van der Waals surface area contributed by atoms with Crippen molar-refractivity contribution < 1.29 is 4.79 Å². The van der Waals surface area contributed by atoms with Crippen LogP contribution in [0.2, 0.25) is 0 Å². The van der Waals surface area contributed by atoms with Crippen LogP contribution in [0.25, 0.3) is 0 Å². The van der Waals surface area contributed by atoms with Gasteiger partial charge in [-0.1, -0.05) is 19.4 Å². The van der Waals surface area contributed by atoms with Crippen LogP contribution in [0.1, 0.15) is 37.4 Å². The zero-order valence-electron chi connectivity index (χ0n) is 10.4. The van der Waals surface area contributed by atoms with E-state index in [1.165, 1.54) is 5.56 Å². The Morgan fingerprint density at radius 1 is 1.47 bits per heavy atom. The summed E-state index contributed by atoms with van der Waals surface area (Å²) >= 11 is 0. The molecular formula is C14H20N2O. The SMILES string of the molecule is CCc1ccc(CC(=O)C2(CN)CCC2)nc1. The van der Waals surface area contributed by atoms with Crippen molar-refractivity contribution in [1.82, 2.24) is 4.98 Å². The monoisotopic (exact) mass is 232 g/mol. The van der Waals surface area contributed by atoms with Crippen LogP contribution >= 0.6 is 0 Å². The first-order valence-electron chi connectivity index (χ1n) is 6.37. The Labute approximate surface area is 102 Å². The highest BCUT2D eigenvalue weighted by Gasteiger charge is 2.42. The van der Waals surface area contributed by atoms with Gasteiger partial charge in [0.15, 0.2) is 0 Å². The minimum Gasteiger partial charge on any atom is -0.329 e. The van der Waals surface area contributed by atoms with Gasteiger partial charge in [0.1, 0.15) is 5.78 Å². The molecular weight excluding hydrogens is 212 g/mol. The zero-order chi connectivity index (χ0) is 12.3. The number of carbonyl (C=O) groups excluding carboxylic acids is 1. The molecule has 0 saturated heterocycles. The molecule has 1 fully saturated rings. The smallest absolute Gasteiger partial charge is 0.146 e. The molecule has 1 aliphatic rings. The van der Waals surface area contributed by atoms with E-state index >= 15 is 0 Å². The molecule has 1 aliphatic carbocycles. The molecule has 2 rings (SSSR count). The Bertz CT molecular complexity index is 388. The molecule has 0 aromatic carbocycles. The van der Waals surface area contributed by atoms with Crippen LogP contribution in [0.5, 0.6) is 0 Å². The summed E-state index contributed by atoms with van der Waals surface area (Å²) in [4.78, 5) is 16.5. The number of Topliss-reactive ketones (excluding diaryl/α,β-unsaturated/α-hetero) is 1. The summed E-state index contributed by atoms with van der Waals surface area (Å²) in [5, 5.41) is 0. The fourth-order valence-corrected chi connectivity index (χ4v) is 2.32. The molecule has 1 aromatic heterocycles. The first-order valence-corrected chi connectivity index (χ1v) is 6.37. The minimum absolute atomic E-state index is 0.231. The Balaban J connectivity index is 2.02. The largest absolute Gasteiger partial charge is 0.329 e. The Hall–Kier alpha value is -1.22. The number of hydrogen-bond donors (Lipinski definition) is 1. The Morgan fingerprint density at radius 2 is 2.24 bits per heavy atom. The summed E-state index contributed by atoms with van der Waals surface area (Å²) in [7, 11) is 0. The second-order valence-corrected chi connectivity index (χ2v) is 4.95. The number of nitrogens with two attached hydrogens (primary N) is 1. The number of pyridine rings is 1. The standard InChI is InChI=1S/C14H20N2O/c1-2-11-4-5-12(16-9-11)8-13(17)14(10-15)6-3-7-14/h4-5,9H,2-3,6-8,10,15H2,1H3. The fraction of sp³-hybridized carbons (Fsp3) is 0.571. The molecule has 1 heterocycles. The Morgan fingerprint density at radius 3 is 2.65 bits per heavy atom. The molecule has 0 aliphatic heterocycles. The summed E-state index contributed by atoms with van der Waals surface area (Å²) in [6.45, 7) is 2.58. The summed E-state index contributed by atoms with van der Waals surface area (Å²) in [6.07, 6.45) is 6.31. The summed E-state index contributed by atoms with van der Waals surface area (Å²) < 4.78 is 0. The van der Waals surface area contributed by atoms with Crippen molar-refractivity contribution >= 4 is 5.78 Å². The third-order valence-electron chi connectivity index (χ3n) is 3.93. The highest BCUT2D eigenvalue weighted by Crippen LogP contribution is 2.41. The zero-order valence-corrected chi connectivity index (χ0v) is 10.4. The lowest BCUT2D eigenvalue weighted by atomic mass is 9.65. The van der Waals surface area contributed by atoms with Gasteiger partial charge in [-0.3, -0.25) is 9.78 Å². The molecule has 92 valence electrons. The maximum absolute atomic E-state index is 12.2. The van der Waals surface area contributed by atoms with E-state index < -0.39 is 0 Å². The van der Waals surface area contributed by atoms with Gasteiger partial charge in [0.2, 0.25) is 0 Å². The van der Waals surface area contributed by atoms with E-state index in [9.17, 15) is 4.79 Å². The number of aryl methyl sites for hydroxylation is 1. The molecule has 0 unspecified atom stereocenters. The average molecular weight is 232 g/mol. The van der Waals surface area contributed by atoms with Crippen molar-refractivity contribution in [2.24, 2.45) is 11.1 Å². The van der Waals surface area contributed by atoms with Crippen molar-refractivity contribution in [3.05, 3.63) is 29.6 Å². The molecule has 3 heteroatoms. The molecule has 1 saturated carbocycles. The second kappa shape index (κ2) is 4.96. The van der Waals surface area contributed by atoms with Crippen LogP contribution in [-0.4, -0.2) is 17.3 Å². The van der Waals surface area contributed by atoms with Crippen LogP contribution in [0.4, 0.5) is 0 Å². The first-order chi connectivity index (χ1) is 8.20.